The van der Waals surface area contributed by atoms with Gasteiger partial charge in [0.15, 0.2) is 6.61 Å². The van der Waals surface area contributed by atoms with Crippen LogP contribution < -0.4 is 5.32 Å². The Balaban J connectivity index is 2.32. The second-order valence-electron chi connectivity index (χ2n) is 7.79. The van der Waals surface area contributed by atoms with Crippen molar-refractivity contribution < 1.29 is 23.9 Å². The summed E-state index contributed by atoms with van der Waals surface area (Å²) in [6.45, 7) is 9.65. The number of amides is 2. The minimum absolute atomic E-state index is 0.00978. The third-order valence-corrected chi connectivity index (χ3v) is 3.72. The number of nitrogens with zero attached hydrogens (tertiary/aromatic N) is 1. The van der Waals surface area contributed by atoms with Gasteiger partial charge in [-0.2, -0.15) is 0 Å². The predicted molar refractivity (Wildman–Crippen MR) is 107 cm³/mol. The Labute approximate surface area is 167 Å². The van der Waals surface area contributed by atoms with E-state index >= 15 is 0 Å². The molecule has 0 unspecified atom stereocenters. The van der Waals surface area contributed by atoms with Gasteiger partial charge in [0.25, 0.3) is 5.91 Å². The number of hydrogen-bond acceptors (Lipinski definition) is 5. The van der Waals surface area contributed by atoms with Gasteiger partial charge in [0.1, 0.15) is 5.60 Å². The molecule has 0 aromatic heterocycles. The molecule has 7 nitrogen and oxygen atoms in total. The lowest BCUT2D eigenvalue weighted by Gasteiger charge is -2.26. The average molecular weight is 392 g/mol. The van der Waals surface area contributed by atoms with Gasteiger partial charge in [0.2, 0.25) is 0 Å². The molecule has 1 aromatic carbocycles. The Bertz CT molecular complexity index is 638. The third kappa shape index (κ3) is 9.94. The van der Waals surface area contributed by atoms with E-state index in [0.717, 1.165) is 5.56 Å². The molecule has 28 heavy (non-hydrogen) atoms. The van der Waals surface area contributed by atoms with E-state index < -0.39 is 17.7 Å². The van der Waals surface area contributed by atoms with Crippen LogP contribution in [0.4, 0.5) is 4.79 Å². The second kappa shape index (κ2) is 11.3. The molecule has 156 valence electrons. The predicted octanol–water partition coefficient (Wildman–Crippen LogP) is 3.27. The van der Waals surface area contributed by atoms with Crippen molar-refractivity contribution in [3.05, 3.63) is 35.9 Å². The molecule has 0 aliphatic heterocycles. The maximum absolute atomic E-state index is 12.4. The molecular formula is C21H32N2O5. The van der Waals surface area contributed by atoms with Crippen LogP contribution in [0.2, 0.25) is 0 Å². The lowest BCUT2D eigenvalue weighted by Crippen LogP contribution is -2.39. The summed E-state index contributed by atoms with van der Waals surface area (Å²) in [5.41, 5.74) is 0.454. The second-order valence-corrected chi connectivity index (χ2v) is 7.79. The summed E-state index contributed by atoms with van der Waals surface area (Å²) in [6, 6.07) is 9.65. The average Bonchev–Trinajstić information content (AvgIpc) is 2.60. The maximum atomic E-state index is 12.4. The molecule has 0 aliphatic carbocycles. The fourth-order valence-electron chi connectivity index (χ4n) is 2.37. The normalized spacial score (nSPS) is 11.1. The van der Waals surface area contributed by atoms with Gasteiger partial charge in [0, 0.05) is 25.6 Å². The van der Waals surface area contributed by atoms with Gasteiger partial charge in [-0.15, -0.1) is 0 Å². The number of nitrogens with one attached hydrogen (secondary N) is 1. The Morgan fingerprint density at radius 1 is 1.11 bits per heavy atom. The van der Waals surface area contributed by atoms with Gasteiger partial charge < -0.3 is 19.7 Å². The largest absolute Gasteiger partial charge is 0.456 e. The number of esters is 1. The standard InChI is InChI=1S/C21H32N2O5/c1-16(2)23(14-17-10-7-6-8-11-17)18(24)15-27-19(25)12-9-13-22-20(26)28-21(3,4)5/h6-8,10-11,16H,9,12-15H2,1-5H3,(H,22,26). The molecule has 0 radical (unpaired) electrons. The third-order valence-electron chi connectivity index (χ3n) is 3.72. The molecule has 0 heterocycles. The van der Waals surface area contributed by atoms with Crippen molar-refractivity contribution in [2.45, 2.75) is 65.6 Å². The van der Waals surface area contributed by atoms with Gasteiger partial charge in [-0.3, -0.25) is 9.59 Å². The zero-order chi connectivity index (χ0) is 21.2. The summed E-state index contributed by atoms with van der Waals surface area (Å²) in [6.07, 6.45) is -0.00213. The van der Waals surface area contributed by atoms with E-state index in [9.17, 15) is 14.4 Å². The molecule has 1 N–H and O–H groups in total. The Morgan fingerprint density at radius 3 is 2.32 bits per heavy atom. The minimum Gasteiger partial charge on any atom is -0.456 e. The summed E-state index contributed by atoms with van der Waals surface area (Å²) < 4.78 is 10.2. The van der Waals surface area contributed by atoms with E-state index in [1.54, 1.807) is 25.7 Å². The van der Waals surface area contributed by atoms with E-state index in [1.165, 1.54) is 0 Å². The maximum Gasteiger partial charge on any atom is 0.407 e. The van der Waals surface area contributed by atoms with Crippen molar-refractivity contribution in [1.82, 2.24) is 10.2 Å². The first-order chi connectivity index (χ1) is 13.1. The van der Waals surface area contributed by atoms with Crippen LogP contribution in [0.3, 0.4) is 0 Å². The molecule has 0 spiro atoms. The van der Waals surface area contributed by atoms with Crippen LogP contribution in [-0.2, 0) is 25.6 Å². The highest BCUT2D eigenvalue weighted by Gasteiger charge is 2.19. The summed E-state index contributed by atoms with van der Waals surface area (Å²) >= 11 is 0. The van der Waals surface area contributed by atoms with Crippen molar-refractivity contribution in [2.24, 2.45) is 0 Å². The van der Waals surface area contributed by atoms with E-state index in [2.05, 4.69) is 5.32 Å². The van der Waals surface area contributed by atoms with Crippen LogP contribution in [0, 0.1) is 0 Å². The number of alkyl carbamates (subject to hydrolysis) is 1. The first-order valence-corrected chi connectivity index (χ1v) is 9.54. The molecule has 0 bridgehead atoms. The molecule has 1 aromatic rings. The summed E-state index contributed by atoms with van der Waals surface area (Å²) in [5.74, 6) is -0.707. The van der Waals surface area contributed by atoms with Gasteiger partial charge in [-0.05, 0) is 46.6 Å². The molecule has 0 fully saturated rings. The molecule has 0 saturated heterocycles. The first-order valence-electron chi connectivity index (χ1n) is 9.54. The monoisotopic (exact) mass is 392 g/mol. The van der Waals surface area contributed by atoms with Gasteiger partial charge in [-0.1, -0.05) is 30.3 Å². The van der Waals surface area contributed by atoms with Crippen LogP contribution in [0.5, 0.6) is 0 Å². The number of carbonyl (C=O) groups is 3. The van der Waals surface area contributed by atoms with Crippen molar-refractivity contribution in [3.63, 3.8) is 0 Å². The Kier molecular flexibility index (Phi) is 9.48. The van der Waals surface area contributed by atoms with Crippen LogP contribution >= 0.6 is 0 Å². The number of carbonyl (C=O) groups excluding carboxylic acids is 3. The zero-order valence-electron chi connectivity index (χ0n) is 17.5. The van der Waals surface area contributed by atoms with Gasteiger partial charge in [-0.25, -0.2) is 4.79 Å². The quantitative estimate of drug-likeness (QED) is 0.515. The Morgan fingerprint density at radius 2 is 1.75 bits per heavy atom. The first kappa shape index (κ1) is 23.5. The molecule has 1 rings (SSSR count). The highest BCUT2D eigenvalue weighted by Crippen LogP contribution is 2.09. The smallest absolute Gasteiger partial charge is 0.407 e. The van der Waals surface area contributed by atoms with Crippen molar-refractivity contribution in [3.8, 4) is 0 Å². The van der Waals surface area contributed by atoms with Crippen LogP contribution in [0.25, 0.3) is 0 Å². The minimum atomic E-state index is -0.564. The number of rotatable bonds is 9. The SMILES string of the molecule is CC(C)N(Cc1ccccc1)C(=O)COC(=O)CCCNC(=O)OC(C)(C)C. The molecule has 0 saturated carbocycles. The van der Waals surface area contributed by atoms with E-state index in [0.29, 0.717) is 19.5 Å². The summed E-state index contributed by atoms with van der Waals surface area (Å²) in [4.78, 5) is 37.4. The number of ether oxygens (including phenoxy) is 2. The van der Waals surface area contributed by atoms with Crippen molar-refractivity contribution in [2.75, 3.05) is 13.2 Å². The lowest BCUT2D eigenvalue weighted by atomic mass is 10.2. The fraction of sp³-hybridized carbons (Fsp3) is 0.571. The molecule has 0 atom stereocenters. The van der Waals surface area contributed by atoms with Crippen molar-refractivity contribution in [1.29, 1.82) is 0 Å². The van der Waals surface area contributed by atoms with Crippen LogP contribution in [-0.4, -0.2) is 47.7 Å². The highest BCUT2D eigenvalue weighted by molar-refractivity contribution is 5.80. The molecular weight excluding hydrogens is 360 g/mol. The molecule has 2 amide bonds. The Hall–Kier alpha value is -2.57. The van der Waals surface area contributed by atoms with Crippen LogP contribution in [0.15, 0.2) is 30.3 Å². The summed E-state index contributed by atoms with van der Waals surface area (Å²) in [7, 11) is 0. The number of benzene rings is 1. The topological polar surface area (TPSA) is 84.9 Å². The number of hydrogen-bond donors (Lipinski definition) is 1. The molecule has 7 heteroatoms. The van der Waals surface area contributed by atoms with E-state index in [4.69, 9.17) is 9.47 Å². The summed E-state index contributed by atoms with van der Waals surface area (Å²) in [5, 5.41) is 2.58. The van der Waals surface area contributed by atoms with E-state index in [-0.39, 0.29) is 25.0 Å². The molecule has 0 aliphatic rings. The van der Waals surface area contributed by atoms with Crippen LogP contribution in [0.1, 0.15) is 53.0 Å². The van der Waals surface area contributed by atoms with E-state index in [1.807, 2.05) is 44.2 Å². The van der Waals surface area contributed by atoms with Crippen molar-refractivity contribution >= 4 is 18.0 Å². The van der Waals surface area contributed by atoms with Gasteiger partial charge >= 0.3 is 12.1 Å². The zero-order valence-corrected chi connectivity index (χ0v) is 17.5. The van der Waals surface area contributed by atoms with Gasteiger partial charge in [0.05, 0.1) is 0 Å². The fourth-order valence-corrected chi connectivity index (χ4v) is 2.37. The highest BCUT2D eigenvalue weighted by atomic mass is 16.6. The lowest BCUT2D eigenvalue weighted by molar-refractivity contribution is -0.153.